The molecular weight excluding hydrogens is 244 g/mol. The maximum absolute atomic E-state index is 11.2. The van der Waals surface area contributed by atoms with E-state index >= 15 is 0 Å². The lowest BCUT2D eigenvalue weighted by molar-refractivity contribution is 0.0697. The number of nitrogen functional groups attached to an aromatic ring is 1. The molecule has 0 aliphatic heterocycles. The molecule has 0 bridgehead atoms. The van der Waals surface area contributed by atoms with Gasteiger partial charge in [-0.15, -0.1) is 0 Å². The maximum atomic E-state index is 11.2. The summed E-state index contributed by atoms with van der Waals surface area (Å²) in [5, 5.41) is 9.20. The fourth-order valence-electron chi connectivity index (χ4n) is 1.89. The molecule has 6 heteroatoms. The first kappa shape index (κ1) is 12.9. The highest BCUT2D eigenvalue weighted by Crippen LogP contribution is 2.23. The molecule has 0 aliphatic carbocycles. The van der Waals surface area contributed by atoms with Crippen LogP contribution in [0, 0.1) is 0 Å². The number of aromatic nitrogens is 2. The molecule has 2 aromatic rings. The lowest BCUT2D eigenvalue weighted by Crippen LogP contribution is -2.21. The van der Waals surface area contributed by atoms with Gasteiger partial charge in [-0.3, -0.25) is 0 Å². The van der Waals surface area contributed by atoms with Crippen LogP contribution in [0.15, 0.2) is 30.6 Å². The second-order valence-electron chi connectivity index (χ2n) is 4.39. The number of carboxylic acid groups (broad SMARTS) is 1. The number of nitrogens with two attached hydrogens (primary N) is 1. The van der Waals surface area contributed by atoms with Gasteiger partial charge in [-0.2, -0.15) is 0 Å². The van der Waals surface area contributed by atoms with Gasteiger partial charge in [-0.25, -0.2) is 9.78 Å². The number of aryl methyl sites for hydroxylation is 1. The van der Waals surface area contributed by atoms with Gasteiger partial charge in [0.25, 0.3) is 0 Å². The van der Waals surface area contributed by atoms with Crippen LogP contribution in [0.2, 0.25) is 0 Å². The Kier molecular flexibility index (Phi) is 3.41. The van der Waals surface area contributed by atoms with Crippen LogP contribution >= 0.6 is 0 Å². The highest BCUT2D eigenvalue weighted by atomic mass is 16.4. The van der Waals surface area contributed by atoms with Crippen molar-refractivity contribution in [3.8, 4) is 0 Å². The average Bonchev–Trinajstić information content (AvgIpc) is 2.74. The molecule has 1 aromatic carbocycles. The lowest BCUT2D eigenvalue weighted by atomic mass is 10.1. The summed E-state index contributed by atoms with van der Waals surface area (Å²) in [5.41, 5.74) is 7.07. The summed E-state index contributed by atoms with van der Waals surface area (Å²) in [6, 6.07) is 4.76. The Morgan fingerprint density at radius 2 is 2.26 bits per heavy atom. The molecule has 0 radical (unpaired) electrons. The van der Waals surface area contributed by atoms with Crippen LogP contribution in [-0.4, -0.2) is 27.7 Å². The summed E-state index contributed by atoms with van der Waals surface area (Å²) in [6.07, 6.45) is 3.56. The van der Waals surface area contributed by atoms with E-state index in [1.54, 1.807) is 18.3 Å². The molecule has 0 atom stereocenters. The molecule has 100 valence electrons. The Labute approximate surface area is 111 Å². The molecule has 2 rings (SSSR count). The van der Waals surface area contributed by atoms with Crippen molar-refractivity contribution in [2.75, 3.05) is 17.7 Å². The van der Waals surface area contributed by atoms with Crippen LogP contribution in [0.25, 0.3) is 0 Å². The van der Waals surface area contributed by atoms with Crippen molar-refractivity contribution in [3.63, 3.8) is 0 Å². The van der Waals surface area contributed by atoms with Crippen molar-refractivity contribution < 1.29 is 9.90 Å². The predicted molar refractivity (Wildman–Crippen MR) is 73.1 cm³/mol. The van der Waals surface area contributed by atoms with E-state index in [4.69, 9.17) is 5.73 Å². The van der Waals surface area contributed by atoms with E-state index in [1.165, 1.54) is 6.07 Å². The molecule has 0 unspecified atom stereocenters. The Bertz CT molecular complexity index is 606. The fourth-order valence-corrected chi connectivity index (χ4v) is 1.89. The summed E-state index contributed by atoms with van der Waals surface area (Å²) in [4.78, 5) is 17.3. The van der Waals surface area contributed by atoms with Gasteiger partial charge >= 0.3 is 5.97 Å². The first-order valence-corrected chi connectivity index (χ1v) is 5.79. The number of carbonyl (C=O) groups is 1. The monoisotopic (exact) mass is 260 g/mol. The molecule has 3 N–H and O–H groups in total. The molecule has 1 heterocycles. The summed E-state index contributed by atoms with van der Waals surface area (Å²) >= 11 is 0. The van der Waals surface area contributed by atoms with E-state index in [-0.39, 0.29) is 5.56 Å². The highest BCUT2D eigenvalue weighted by molar-refractivity contribution is 5.95. The van der Waals surface area contributed by atoms with Crippen molar-refractivity contribution in [2.24, 2.45) is 7.05 Å². The van der Waals surface area contributed by atoms with E-state index < -0.39 is 5.97 Å². The summed E-state index contributed by atoms with van der Waals surface area (Å²) in [6.45, 7) is 0.507. The zero-order valence-electron chi connectivity index (χ0n) is 10.9. The van der Waals surface area contributed by atoms with Gasteiger partial charge < -0.3 is 20.3 Å². The minimum Gasteiger partial charge on any atom is -0.478 e. The lowest BCUT2D eigenvalue weighted by Gasteiger charge is -2.21. The van der Waals surface area contributed by atoms with Crippen LogP contribution in [0.1, 0.15) is 16.2 Å². The fraction of sp³-hybridized carbons (Fsp3) is 0.231. The van der Waals surface area contributed by atoms with Gasteiger partial charge in [0.1, 0.15) is 5.82 Å². The Hall–Kier alpha value is -2.50. The van der Waals surface area contributed by atoms with Crippen LogP contribution in [0.3, 0.4) is 0 Å². The molecule has 0 saturated carbocycles. The Morgan fingerprint density at radius 1 is 1.53 bits per heavy atom. The van der Waals surface area contributed by atoms with Gasteiger partial charge in [-0.1, -0.05) is 0 Å². The van der Waals surface area contributed by atoms with E-state index in [1.807, 2.05) is 29.8 Å². The molecular formula is C13H16N4O2. The number of benzene rings is 1. The number of rotatable bonds is 4. The first-order valence-electron chi connectivity index (χ1n) is 5.79. The van der Waals surface area contributed by atoms with Gasteiger partial charge in [0.15, 0.2) is 0 Å². The molecule has 0 saturated heterocycles. The van der Waals surface area contributed by atoms with Gasteiger partial charge in [0.05, 0.1) is 17.8 Å². The topological polar surface area (TPSA) is 84.4 Å². The largest absolute Gasteiger partial charge is 0.478 e. The van der Waals surface area contributed by atoms with Gasteiger partial charge in [0, 0.05) is 32.2 Å². The van der Waals surface area contributed by atoms with Gasteiger partial charge in [0.2, 0.25) is 0 Å². The first-order chi connectivity index (χ1) is 8.99. The predicted octanol–water partition coefficient (Wildman–Crippen LogP) is 1.34. The van der Waals surface area contributed by atoms with E-state index in [2.05, 4.69) is 4.98 Å². The number of aromatic carboxylic acids is 1. The van der Waals surface area contributed by atoms with Crippen molar-refractivity contribution in [1.29, 1.82) is 0 Å². The standard InChI is InChI=1S/C13H16N4O2/c1-16-6-5-15-12(16)8-17(2)11-7-9(14)3-4-10(11)13(18)19/h3-7H,8,14H2,1-2H3,(H,18,19). The number of anilines is 2. The minimum atomic E-state index is -0.971. The zero-order valence-corrected chi connectivity index (χ0v) is 10.9. The number of imidazole rings is 1. The molecule has 19 heavy (non-hydrogen) atoms. The molecule has 1 aromatic heterocycles. The second kappa shape index (κ2) is 5.01. The van der Waals surface area contributed by atoms with Crippen LogP contribution in [-0.2, 0) is 13.6 Å². The number of carboxylic acids is 1. The Morgan fingerprint density at radius 3 is 2.84 bits per heavy atom. The van der Waals surface area contributed by atoms with Crippen molar-refractivity contribution in [1.82, 2.24) is 9.55 Å². The van der Waals surface area contributed by atoms with Crippen molar-refractivity contribution >= 4 is 17.3 Å². The van der Waals surface area contributed by atoms with Gasteiger partial charge in [-0.05, 0) is 18.2 Å². The molecule has 0 aliphatic rings. The van der Waals surface area contributed by atoms with E-state index in [0.29, 0.717) is 17.9 Å². The van der Waals surface area contributed by atoms with Crippen LogP contribution < -0.4 is 10.6 Å². The smallest absolute Gasteiger partial charge is 0.337 e. The third-order valence-corrected chi connectivity index (χ3v) is 2.96. The van der Waals surface area contributed by atoms with Crippen molar-refractivity contribution in [3.05, 3.63) is 42.0 Å². The second-order valence-corrected chi connectivity index (χ2v) is 4.39. The zero-order chi connectivity index (χ0) is 14.0. The SMILES string of the molecule is CN(Cc1nccn1C)c1cc(N)ccc1C(=O)O. The summed E-state index contributed by atoms with van der Waals surface area (Å²) in [7, 11) is 3.71. The minimum absolute atomic E-state index is 0.228. The molecule has 0 spiro atoms. The quantitative estimate of drug-likeness (QED) is 0.810. The Balaban J connectivity index is 2.32. The molecule has 0 fully saturated rings. The normalized spacial score (nSPS) is 10.4. The highest BCUT2D eigenvalue weighted by Gasteiger charge is 2.15. The molecule has 0 amide bonds. The van der Waals surface area contributed by atoms with Crippen LogP contribution in [0.5, 0.6) is 0 Å². The average molecular weight is 260 g/mol. The summed E-state index contributed by atoms with van der Waals surface area (Å²) in [5.74, 6) is -0.122. The number of nitrogens with zero attached hydrogens (tertiary/aromatic N) is 3. The van der Waals surface area contributed by atoms with E-state index in [0.717, 1.165) is 5.82 Å². The molecule has 6 nitrogen and oxygen atoms in total. The van der Waals surface area contributed by atoms with Crippen molar-refractivity contribution in [2.45, 2.75) is 6.54 Å². The number of hydrogen-bond acceptors (Lipinski definition) is 4. The third-order valence-electron chi connectivity index (χ3n) is 2.96. The number of hydrogen-bond donors (Lipinski definition) is 2. The van der Waals surface area contributed by atoms with E-state index in [9.17, 15) is 9.90 Å². The summed E-state index contributed by atoms with van der Waals surface area (Å²) < 4.78 is 1.89. The maximum Gasteiger partial charge on any atom is 0.337 e. The third kappa shape index (κ3) is 2.67. The van der Waals surface area contributed by atoms with Crippen LogP contribution in [0.4, 0.5) is 11.4 Å².